The first-order valence-corrected chi connectivity index (χ1v) is 5.90. The molecule has 2 amide bonds. The van der Waals surface area contributed by atoms with E-state index in [1.54, 1.807) is 0 Å². The van der Waals surface area contributed by atoms with E-state index in [1.807, 2.05) is 18.2 Å². The minimum absolute atomic E-state index is 0.327. The molecule has 3 N–H and O–H groups in total. The van der Waals surface area contributed by atoms with Crippen molar-refractivity contribution in [3.63, 3.8) is 0 Å². The summed E-state index contributed by atoms with van der Waals surface area (Å²) in [5, 5.41) is 2.93. The molecule has 4 heteroatoms. The molecule has 0 saturated heterocycles. The lowest BCUT2D eigenvalue weighted by Crippen LogP contribution is -2.51. The van der Waals surface area contributed by atoms with Gasteiger partial charge in [-0.1, -0.05) is 31.2 Å². The standard InChI is InChI=1S/C13H15N3O/c1-8-6-7-13(11(14)15-12(17)16-13)10-5-3-2-4-9(8)10/h2-5,8H,6-7H2,1H3,(H3,14,15,16,17). The monoisotopic (exact) mass is 229 g/mol. The number of carbonyl (C=O) groups excluding carboxylic acids is 1. The smallest absolute Gasteiger partial charge is 0.343 e. The van der Waals surface area contributed by atoms with Crippen molar-refractivity contribution in [2.45, 2.75) is 31.2 Å². The zero-order chi connectivity index (χ0) is 12.0. The number of fused-ring (bicyclic) bond motifs is 2. The number of aliphatic imine (C=N–C) groups is 1. The molecule has 1 heterocycles. The molecule has 3 rings (SSSR count). The number of hydrogen-bond donors (Lipinski definition) is 2. The Morgan fingerprint density at radius 1 is 1.47 bits per heavy atom. The van der Waals surface area contributed by atoms with Crippen LogP contribution in [0, 0.1) is 0 Å². The van der Waals surface area contributed by atoms with Gasteiger partial charge >= 0.3 is 6.03 Å². The van der Waals surface area contributed by atoms with E-state index < -0.39 is 5.54 Å². The number of nitrogens with zero attached hydrogens (tertiary/aromatic N) is 1. The second kappa shape index (κ2) is 3.32. The van der Waals surface area contributed by atoms with E-state index in [9.17, 15) is 4.79 Å². The Labute approximate surface area is 99.9 Å². The van der Waals surface area contributed by atoms with Gasteiger partial charge in [0.2, 0.25) is 0 Å². The Balaban J connectivity index is 2.19. The van der Waals surface area contributed by atoms with Crippen molar-refractivity contribution in [1.29, 1.82) is 0 Å². The Bertz CT molecular complexity index is 523. The Morgan fingerprint density at radius 3 is 2.94 bits per heavy atom. The van der Waals surface area contributed by atoms with E-state index in [-0.39, 0.29) is 6.03 Å². The quantitative estimate of drug-likeness (QED) is 0.713. The van der Waals surface area contributed by atoms with Crippen molar-refractivity contribution in [1.82, 2.24) is 5.32 Å². The van der Waals surface area contributed by atoms with Gasteiger partial charge in [-0.3, -0.25) is 0 Å². The molecule has 2 aliphatic rings. The molecule has 1 aromatic rings. The molecule has 1 aliphatic heterocycles. The number of amides is 2. The van der Waals surface area contributed by atoms with E-state index in [0.29, 0.717) is 11.8 Å². The molecule has 0 saturated carbocycles. The topological polar surface area (TPSA) is 67.5 Å². The molecule has 0 bridgehead atoms. The summed E-state index contributed by atoms with van der Waals surface area (Å²) in [6.07, 6.45) is 1.83. The molecule has 0 aromatic heterocycles. The number of benzene rings is 1. The van der Waals surface area contributed by atoms with Crippen LogP contribution in [-0.4, -0.2) is 11.9 Å². The first-order chi connectivity index (χ1) is 8.13. The van der Waals surface area contributed by atoms with Gasteiger partial charge in [0.05, 0.1) is 0 Å². The Kier molecular flexibility index (Phi) is 2.02. The fraction of sp³-hybridized carbons (Fsp3) is 0.385. The predicted molar refractivity (Wildman–Crippen MR) is 65.9 cm³/mol. The minimum Gasteiger partial charge on any atom is -0.385 e. The second-order valence-electron chi connectivity index (χ2n) is 4.86. The summed E-state index contributed by atoms with van der Waals surface area (Å²) in [7, 11) is 0. The largest absolute Gasteiger partial charge is 0.385 e. The summed E-state index contributed by atoms with van der Waals surface area (Å²) in [5.41, 5.74) is 7.77. The van der Waals surface area contributed by atoms with Gasteiger partial charge in [0.15, 0.2) is 0 Å². The summed E-state index contributed by atoms with van der Waals surface area (Å²) in [6, 6.07) is 7.83. The van der Waals surface area contributed by atoms with Crippen molar-refractivity contribution in [3.05, 3.63) is 35.4 Å². The first kappa shape index (κ1) is 10.3. The van der Waals surface area contributed by atoms with Crippen LogP contribution in [0.5, 0.6) is 0 Å². The van der Waals surface area contributed by atoms with Crippen molar-refractivity contribution < 1.29 is 4.79 Å². The van der Waals surface area contributed by atoms with Gasteiger partial charge in [-0.15, -0.1) is 0 Å². The lowest BCUT2D eigenvalue weighted by atomic mass is 9.72. The minimum atomic E-state index is -0.555. The van der Waals surface area contributed by atoms with Crippen LogP contribution >= 0.6 is 0 Å². The Morgan fingerprint density at radius 2 is 2.24 bits per heavy atom. The number of rotatable bonds is 0. The number of carbonyl (C=O) groups is 1. The highest BCUT2D eigenvalue weighted by Gasteiger charge is 2.46. The third-order valence-electron chi connectivity index (χ3n) is 3.88. The average molecular weight is 229 g/mol. The zero-order valence-corrected chi connectivity index (χ0v) is 9.73. The fourth-order valence-corrected chi connectivity index (χ4v) is 2.91. The molecule has 1 aromatic carbocycles. The van der Waals surface area contributed by atoms with Gasteiger partial charge in [0.1, 0.15) is 11.4 Å². The summed E-state index contributed by atoms with van der Waals surface area (Å²) >= 11 is 0. The highest BCUT2D eigenvalue weighted by Crippen LogP contribution is 2.42. The normalized spacial score (nSPS) is 31.0. The van der Waals surface area contributed by atoms with Gasteiger partial charge in [0, 0.05) is 0 Å². The molecular formula is C13H15N3O. The maximum absolute atomic E-state index is 11.4. The first-order valence-electron chi connectivity index (χ1n) is 5.90. The SMILES string of the molecule is CC1CCC2(NC(=O)N=C2N)c2ccccc21. The van der Waals surface area contributed by atoms with Crippen molar-refractivity contribution in [2.75, 3.05) is 0 Å². The summed E-state index contributed by atoms with van der Waals surface area (Å²) < 4.78 is 0. The number of nitrogens with one attached hydrogen (secondary N) is 1. The number of hydrogen-bond acceptors (Lipinski definition) is 2. The number of urea groups is 1. The van der Waals surface area contributed by atoms with Crippen LogP contribution in [0.25, 0.3) is 0 Å². The van der Waals surface area contributed by atoms with Gasteiger partial charge < -0.3 is 11.1 Å². The summed E-state index contributed by atoms with van der Waals surface area (Å²) in [4.78, 5) is 15.3. The maximum atomic E-state index is 11.4. The molecule has 4 nitrogen and oxygen atoms in total. The highest BCUT2D eigenvalue weighted by molar-refractivity contribution is 6.06. The Hall–Kier alpha value is -1.84. The van der Waals surface area contributed by atoms with Gasteiger partial charge in [-0.05, 0) is 29.9 Å². The van der Waals surface area contributed by atoms with E-state index in [0.717, 1.165) is 18.4 Å². The van der Waals surface area contributed by atoms with Crippen LogP contribution in [0.3, 0.4) is 0 Å². The van der Waals surface area contributed by atoms with E-state index in [2.05, 4.69) is 23.3 Å². The summed E-state index contributed by atoms with van der Waals surface area (Å²) in [5.74, 6) is 0.906. The maximum Gasteiger partial charge on any atom is 0.343 e. The average Bonchev–Trinajstić information content (AvgIpc) is 2.61. The molecule has 0 radical (unpaired) electrons. The van der Waals surface area contributed by atoms with Gasteiger partial charge in [0.25, 0.3) is 0 Å². The van der Waals surface area contributed by atoms with Crippen molar-refractivity contribution in [2.24, 2.45) is 10.7 Å². The summed E-state index contributed by atoms with van der Waals surface area (Å²) in [6.45, 7) is 2.20. The lowest BCUT2D eigenvalue weighted by molar-refractivity contribution is 0.243. The molecule has 1 spiro atoms. The second-order valence-corrected chi connectivity index (χ2v) is 4.86. The third kappa shape index (κ3) is 1.30. The van der Waals surface area contributed by atoms with E-state index in [1.165, 1.54) is 5.56 Å². The van der Waals surface area contributed by atoms with Crippen LogP contribution in [-0.2, 0) is 5.54 Å². The number of amidine groups is 1. The van der Waals surface area contributed by atoms with E-state index in [4.69, 9.17) is 5.73 Å². The number of nitrogens with two attached hydrogens (primary N) is 1. The zero-order valence-electron chi connectivity index (χ0n) is 9.73. The lowest BCUT2D eigenvalue weighted by Gasteiger charge is -2.37. The molecule has 17 heavy (non-hydrogen) atoms. The molecule has 1 aliphatic carbocycles. The van der Waals surface area contributed by atoms with Crippen LogP contribution in [0.1, 0.15) is 36.8 Å². The van der Waals surface area contributed by atoms with Crippen LogP contribution in [0.15, 0.2) is 29.3 Å². The molecule has 2 unspecified atom stereocenters. The molecular weight excluding hydrogens is 214 g/mol. The van der Waals surface area contributed by atoms with Crippen LogP contribution in [0.2, 0.25) is 0 Å². The third-order valence-corrected chi connectivity index (χ3v) is 3.88. The molecule has 88 valence electrons. The fourth-order valence-electron chi connectivity index (χ4n) is 2.91. The van der Waals surface area contributed by atoms with E-state index >= 15 is 0 Å². The predicted octanol–water partition coefficient (Wildman–Crippen LogP) is 1.86. The van der Waals surface area contributed by atoms with Gasteiger partial charge in [-0.2, -0.15) is 4.99 Å². The molecule has 0 fully saturated rings. The van der Waals surface area contributed by atoms with Crippen molar-refractivity contribution in [3.8, 4) is 0 Å². The van der Waals surface area contributed by atoms with Crippen molar-refractivity contribution >= 4 is 11.9 Å². The van der Waals surface area contributed by atoms with Gasteiger partial charge in [-0.25, -0.2) is 4.79 Å². The van der Waals surface area contributed by atoms with Crippen LogP contribution < -0.4 is 11.1 Å². The molecule has 2 atom stereocenters. The van der Waals surface area contributed by atoms with Crippen LogP contribution in [0.4, 0.5) is 4.79 Å². The highest BCUT2D eigenvalue weighted by atomic mass is 16.2.